The number of nitrogens with zero attached hydrogens (tertiary/aromatic N) is 5. The summed E-state index contributed by atoms with van der Waals surface area (Å²) < 4.78 is 21.7. The normalized spacial score (nSPS) is 11.4. The first kappa shape index (κ1) is 14.3. The SMILES string of the molecule is COc1c(-c2cn(SF)c3nc(Cl)ccc23)ccn2ncnc12. The van der Waals surface area contributed by atoms with E-state index in [-0.39, 0.29) is 12.3 Å². The van der Waals surface area contributed by atoms with Crippen LogP contribution in [-0.4, -0.2) is 30.7 Å². The fraction of sp³-hybridized carbons (Fsp3) is 0.0714. The van der Waals surface area contributed by atoms with Crippen LogP contribution < -0.4 is 4.74 Å². The minimum Gasteiger partial charge on any atom is -0.492 e. The van der Waals surface area contributed by atoms with Crippen molar-refractivity contribution in [2.45, 2.75) is 0 Å². The van der Waals surface area contributed by atoms with E-state index < -0.39 is 0 Å². The maximum atomic E-state index is 13.2. The fourth-order valence-electron chi connectivity index (χ4n) is 2.60. The van der Waals surface area contributed by atoms with E-state index in [1.165, 1.54) is 10.3 Å². The lowest BCUT2D eigenvalue weighted by Gasteiger charge is -2.08. The lowest BCUT2D eigenvalue weighted by Crippen LogP contribution is -1.94. The first-order valence-electron chi connectivity index (χ1n) is 6.56. The van der Waals surface area contributed by atoms with Crippen LogP contribution in [0.3, 0.4) is 0 Å². The molecule has 0 fully saturated rings. The zero-order valence-corrected chi connectivity index (χ0v) is 13.3. The van der Waals surface area contributed by atoms with E-state index in [9.17, 15) is 3.89 Å². The summed E-state index contributed by atoms with van der Waals surface area (Å²) in [6.07, 6.45) is 4.88. The van der Waals surface area contributed by atoms with Crippen LogP contribution in [0, 0.1) is 0 Å². The quantitative estimate of drug-likeness (QED) is 0.527. The second-order valence-corrected chi connectivity index (χ2v) is 5.65. The van der Waals surface area contributed by atoms with Crippen molar-refractivity contribution < 1.29 is 8.62 Å². The molecule has 0 bridgehead atoms. The summed E-state index contributed by atoms with van der Waals surface area (Å²) in [4.78, 5) is 8.39. The molecule has 0 aromatic carbocycles. The van der Waals surface area contributed by atoms with Gasteiger partial charge in [-0.2, -0.15) is 5.10 Å². The van der Waals surface area contributed by atoms with Gasteiger partial charge in [-0.05, 0) is 18.2 Å². The molecule has 0 unspecified atom stereocenters. The third kappa shape index (κ3) is 2.13. The van der Waals surface area contributed by atoms with Crippen LogP contribution in [0.5, 0.6) is 5.75 Å². The van der Waals surface area contributed by atoms with E-state index in [4.69, 9.17) is 16.3 Å². The fourth-order valence-corrected chi connectivity index (χ4v) is 3.09. The van der Waals surface area contributed by atoms with Crippen LogP contribution in [-0.2, 0) is 0 Å². The monoisotopic (exact) mass is 349 g/mol. The zero-order chi connectivity index (χ0) is 16.0. The Labute approximate surface area is 139 Å². The first-order valence-corrected chi connectivity index (χ1v) is 7.61. The molecule has 4 rings (SSSR count). The van der Waals surface area contributed by atoms with Gasteiger partial charge in [0, 0.05) is 28.9 Å². The predicted octanol–water partition coefficient (Wildman–Crippen LogP) is 3.79. The number of halogens is 2. The molecule has 4 aromatic rings. The summed E-state index contributed by atoms with van der Waals surface area (Å²) in [7, 11) is 1.56. The van der Waals surface area contributed by atoms with Crippen molar-refractivity contribution in [2.24, 2.45) is 0 Å². The van der Waals surface area contributed by atoms with Gasteiger partial charge in [0.1, 0.15) is 11.5 Å². The second-order valence-electron chi connectivity index (χ2n) is 4.73. The molecule has 6 nitrogen and oxygen atoms in total. The average molecular weight is 350 g/mol. The van der Waals surface area contributed by atoms with Gasteiger partial charge in [0.05, 0.1) is 7.11 Å². The molecular formula is C14H9ClFN5OS. The Bertz CT molecular complexity index is 1030. The van der Waals surface area contributed by atoms with E-state index in [0.717, 1.165) is 16.5 Å². The molecule has 9 heteroatoms. The molecule has 0 N–H and O–H groups in total. The molecular weight excluding hydrogens is 341 g/mol. The van der Waals surface area contributed by atoms with Gasteiger partial charge in [0.15, 0.2) is 29.4 Å². The lowest BCUT2D eigenvalue weighted by atomic mass is 10.1. The highest BCUT2D eigenvalue weighted by Crippen LogP contribution is 2.39. The molecule has 4 heterocycles. The topological polar surface area (TPSA) is 57.2 Å². The number of pyridine rings is 2. The van der Waals surface area contributed by atoms with Gasteiger partial charge >= 0.3 is 0 Å². The molecule has 0 radical (unpaired) electrons. The van der Waals surface area contributed by atoms with Crippen molar-refractivity contribution in [1.82, 2.24) is 23.6 Å². The van der Waals surface area contributed by atoms with E-state index in [1.807, 2.05) is 6.07 Å². The minimum absolute atomic E-state index is 0.0628. The number of aromatic nitrogens is 5. The smallest absolute Gasteiger partial charge is 0.198 e. The van der Waals surface area contributed by atoms with Gasteiger partial charge in [-0.15, -0.1) is 3.89 Å². The standard InChI is InChI=1S/C14H9ClFN5OS/c1-22-12-8(4-5-20-14(12)17-7-18-20)10-6-21(23-16)13-9(10)2-3-11(15)19-13/h2-7H,1H3. The maximum absolute atomic E-state index is 13.2. The van der Waals surface area contributed by atoms with Crippen LogP contribution in [0.2, 0.25) is 5.15 Å². The molecule has 23 heavy (non-hydrogen) atoms. The summed E-state index contributed by atoms with van der Waals surface area (Å²) in [5, 5.41) is 5.15. The number of methoxy groups -OCH3 is 1. The number of rotatable bonds is 3. The van der Waals surface area contributed by atoms with Gasteiger partial charge in [0.25, 0.3) is 0 Å². The van der Waals surface area contributed by atoms with Crippen LogP contribution in [0.4, 0.5) is 3.89 Å². The van der Waals surface area contributed by atoms with E-state index >= 15 is 0 Å². The Balaban J connectivity index is 2.06. The minimum atomic E-state index is 0.0628. The molecule has 0 atom stereocenters. The molecule has 0 spiro atoms. The van der Waals surface area contributed by atoms with Crippen molar-refractivity contribution in [1.29, 1.82) is 0 Å². The van der Waals surface area contributed by atoms with E-state index in [2.05, 4.69) is 15.1 Å². The molecule has 0 aliphatic rings. The zero-order valence-electron chi connectivity index (χ0n) is 11.8. The van der Waals surface area contributed by atoms with Crippen molar-refractivity contribution in [2.75, 3.05) is 7.11 Å². The molecule has 0 saturated carbocycles. The number of hydrogen-bond donors (Lipinski definition) is 0. The van der Waals surface area contributed by atoms with Gasteiger partial charge in [0.2, 0.25) is 0 Å². The highest BCUT2D eigenvalue weighted by Gasteiger charge is 2.18. The van der Waals surface area contributed by atoms with Crippen LogP contribution in [0.15, 0.2) is 36.9 Å². The summed E-state index contributed by atoms with van der Waals surface area (Å²) in [6, 6.07) is 5.32. The van der Waals surface area contributed by atoms with E-state index in [1.54, 1.807) is 36.2 Å². The third-order valence-electron chi connectivity index (χ3n) is 3.56. The van der Waals surface area contributed by atoms with Crippen molar-refractivity contribution in [3.05, 3.63) is 42.1 Å². The number of ether oxygens (including phenoxy) is 1. The molecule has 0 aliphatic heterocycles. The highest BCUT2D eigenvalue weighted by molar-refractivity contribution is 7.92. The van der Waals surface area contributed by atoms with Crippen LogP contribution in [0.1, 0.15) is 0 Å². The van der Waals surface area contributed by atoms with Crippen LogP contribution in [0.25, 0.3) is 27.8 Å². The molecule has 0 saturated heterocycles. The molecule has 0 aliphatic carbocycles. The first-order chi connectivity index (χ1) is 11.2. The Morgan fingerprint density at radius 1 is 1.22 bits per heavy atom. The van der Waals surface area contributed by atoms with Gasteiger partial charge in [-0.25, -0.2) is 18.5 Å². The summed E-state index contributed by atoms with van der Waals surface area (Å²) in [5.74, 6) is 0.558. The predicted molar refractivity (Wildman–Crippen MR) is 87.4 cm³/mol. The Morgan fingerprint density at radius 2 is 2.09 bits per heavy atom. The highest BCUT2D eigenvalue weighted by atomic mass is 35.5. The summed E-state index contributed by atoms with van der Waals surface area (Å²) in [5.41, 5.74) is 2.58. The third-order valence-corrected chi connectivity index (χ3v) is 4.20. The van der Waals surface area contributed by atoms with Crippen molar-refractivity contribution in [3.63, 3.8) is 0 Å². The van der Waals surface area contributed by atoms with E-state index in [0.29, 0.717) is 22.2 Å². The second kappa shape index (κ2) is 5.39. The van der Waals surface area contributed by atoms with Gasteiger partial charge in [-0.1, -0.05) is 11.6 Å². The maximum Gasteiger partial charge on any atom is 0.198 e. The number of fused-ring (bicyclic) bond motifs is 2. The van der Waals surface area contributed by atoms with Crippen molar-refractivity contribution >= 4 is 40.6 Å². The molecule has 4 aromatic heterocycles. The lowest BCUT2D eigenvalue weighted by molar-refractivity contribution is 0.418. The number of hydrogen-bond acceptors (Lipinski definition) is 5. The van der Waals surface area contributed by atoms with Gasteiger partial charge in [-0.3, -0.25) is 0 Å². The average Bonchev–Trinajstić information content (AvgIpc) is 3.17. The largest absolute Gasteiger partial charge is 0.492 e. The Hall–Kier alpha value is -2.32. The Kier molecular flexibility index (Phi) is 3.35. The van der Waals surface area contributed by atoms with Crippen molar-refractivity contribution in [3.8, 4) is 16.9 Å². The van der Waals surface area contributed by atoms with Crippen LogP contribution >= 0.6 is 23.9 Å². The van der Waals surface area contributed by atoms with Gasteiger partial charge < -0.3 is 4.74 Å². The summed E-state index contributed by atoms with van der Waals surface area (Å²) >= 11 is 5.99. The molecule has 116 valence electrons. The summed E-state index contributed by atoms with van der Waals surface area (Å²) in [6.45, 7) is 0. The Morgan fingerprint density at radius 3 is 2.87 bits per heavy atom. The molecule has 0 amide bonds.